The summed E-state index contributed by atoms with van der Waals surface area (Å²) in [5.74, 6) is 0.390. The monoisotopic (exact) mass is 283 g/mol. The van der Waals surface area contributed by atoms with Crippen molar-refractivity contribution in [3.05, 3.63) is 0 Å². The first-order valence-electron chi connectivity index (χ1n) is 4.23. The number of rotatable bonds is 0. The van der Waals surface area contributed by atoms with Gasteiger partial charge in [0.15, 0.2) is 0 Å². The maximum atomic E-state index is 11.6. The summed E-state index contributed by atoms with van der Waals surface area (Å²) in [5, 5.41) is 0. The van der Waals surface area contributed by atoms with Gasteiger partial charge in [-0.05, 0) is 0 Å². The van der Waals surface area contributed by atoms with Crippen molar-refractivity contribution in [2.24, 2.45) is 0 Å². The number of nitrogens with zero attached hydrogens (tertiary/aromatic N) is 1. The Morgan fingerprint density at radius 1 is 1.42 bits per heavy atom. The van der Waals surface area contributed by atoms with Crippen LogP contribution in [0.1, 0.15) is 20.8 Å². The molecule has 12 heavy (non-hydrogen) atoms. The molecule has 1 saturated heterocycles. The molecule has 0 saturated carbocycles. The third-order valence-electron chi connectivity index (χ3n) is 2.08. The van der Waals surface area contributed by atoms with Gasteiger partial charge in [-0.3, -0.25) is 0 Å². The third-order valence-corrected chi connectivity index (χ3v) is 6.36. The van der Waals surface area contributed by atoms with Crippen LogP contribution in [0.25, 0.3) is 0 Å². The van der Waals surface area contributed by atoms with E-state index in [0.29, 0.717) is 5.91 Å². The van der Waals surface area contributed by atoms with Gasteiger partial charge >= 0.3 is 82.1 Å². The van der Waals surface area contributed by atoms with Crippen molar-refractivity contribution in [3.63, 3.8) is 0 Å². The Balaban J connectivity index is 2.63. The maximum absolute atomic E-state index is 11.6. The van der Waals surface area contributed by atoms with Crippen LogP contribution in [0.3, 0.4) is 0 Å². The van der Waals surface area contributed by atoms with Gasteiger partial charge in [0, 0.05) is 0 Å². The second kappa shape index (κ2) is 3.52. The second-order valence-electron chi connectivity index (χ2n) is 4.26. The normalized spacial score (nSPS) is 23.2. The molecule has 0 aromatic carbocycles. The number of carbonyl (C=O) groups is 1. The van der Waals surface area contributed by atoms with Crippen molar-refractivity contribution < 1.29 is 4.79 Å². The Hall–Kier alpha value is 0.200. The molecule has 2 nitrogen and oxygen atoms in total. The Kier molecular flexibility index (Phi) is 3.01. The van der Waals surface area contributed by atoms with Gasteiger partial charge in [-0.2, -0.15) is 0 Å². The fourth-order valence-electron chi connectivity index (χ4n) is 1.40. The molecule has 1 aliphatic rings. The summed E-state index contributed by atoms with van der Waals surface area (Å²) >= 11 is -0.812. The van der Waals surface area contributed by atoms with Crippen LogP contribution >= 0.6 is 19.8 Å². The van der Waals surface area contributed by atoms with Crippen molar-refractivity contribution in [2.45, 2.75) is 26.3 Å². The molecule has 1 rings (SSSR count). The van der Waals surface area contributed by atoms with E-state index in [1.54, 1.807) is 0 Å². The van der Waals surface area contributed by atoms with Crippen molar-refractivity contribution in [2.75, 3.05) is 20.3 Å². The molecular weight excluding hydrogens is 265 g/mol. The van der Waals surface area contributed by atoms with Crippen LogP contribution in [0.2, 0.25) is 0 Å². The Bertz CT molecular complexity index is 185. The van der Waals surface area contributed by atoms with Gasteiger partial charge in [0.05, 0.1) is 0 Å². The summed E-state index contributed by atoms with van der Waals surface area (Å²) in [7, 11) is 0. The van der Waals surface area contributed by atoms with Crippen molar-refractivity contribution in [1.82, 2.24) is 4.90 Å². The van der Waals surface area contributed by atoms with E-state index in [-0.39, 0.29) is 5.54 Å². The van der Waals surface area contributed by atoms with Gasteiger partial charge in [0.1, 0.15) is 0 Å². The number of amides is 1. The summed E-state index contributed by atoms with van der Waals surface area (Å²) in [6.45, 7) is 7.35. The van der Waals surface area contributed by atoms with E-state index >= 15 is 0 Å². The molecule has 0 radical (unpaired) electrons. The van der Waals surface area contributed by atoms with Gasteiger partial charge < -0.3 is 0 Å². The molecule has 3 heteroatoms. The first-order chi connectivity index (χ1) is 5.41. The van der Waals surface area contributed by atoms with Crippen LogP contribution in [0, 0.1) is 0 Å². The standard InChI is InChI=1S/C9H18INO/c1-9(2,3)11-6-5-10(4)7-8(11)12/h5-7H2,1-4H3. The summed E-state index contributed by atoms with van der Waals surface area (Å²) in [5.41, 5.74) is 0.0362. The van der Waals surface area contributed by atoms with E-state index in [1.165, 1.54) is 4.43 Å². The van der Waals surface area contributed by atoms with Crippen LogP contribution in [0.5, 0.6) is 0 Å². The number of carbonyl (C=O) groups excluding carboxylic acids is 1. The number of alkyl halides is 3. The number of hydrogen-bond acceptors (Lipinski definition) is 1. The minimum absolute atomic E-state index is 0.0362. The van der Waals surface area contributed by atoms with E-state index in [0.717, 1.165) is 11.0 Å². The van der Waals surface area contributed by atoms with E-state index < -0.39 is 19.8 Å². The molecule has 0 atom stereocenters. The molecule has 0 unspecified atom stereocenters. The van der Waals surface area contributed by atoms with E-state index in [9.17, 15) is 4.79 Å². The van der Waals surface area contributed by atoms with E-state index in [4.69, 9.17) is 0 Å². The molecule has 1 heterocycles. The number of halogens is 1. The molecule has 0 aromatic rings. The molecule has 72 valence electrons. The van der Waals surface area contributed by atoms with Crippen molar-refractivity contribution in [3.8, 4) is 0 Å². The Morgan fingerprint density at radius 2 is 2.00 bits per heavy atom. The predicted molar refractivity (Wildman–Crippen MR) is 61.1 cm³/mol. The van der Waals surface area contributed by atoms with Crippen LogP contribution in [0.4, 0.5) is 0 Å². The van der Waals surface area contributed by atoms with Crippen LogP contribution in [-0.4, -0.2) is 36.7 Å². The summed E-state index contributed by atoms with van der Waals surface area (Å²) in [6.07, 6.45) is 0. The first-order valence-corrected chi connectivity index (χ1v) is 9.44. The summed E-state index contributed by atoms with van der Waals surface area (Å²) in [6, 6.07) is 0. The predicted octanol–water partition coefficient (Wildman–Crippen LogP) is 1.76. The fourth-order valence-corrected chi connectivity index (χ4v) is 4.61. The van der Waals surface area contributed by atoms with Gasteiger partial charge in [-0.15, -0.1) is 0 Å². The van der Waals surface area contributed by atoms with Crippen LogP contribution in [-0.2, 0) is 4.79 Å². The third kappa shape index (κ3) is 2.34. The van der Waals surface area contributed by atoms with Gasteiger partial charge in [0.2, 0.25) is 0 Å². The van der Waals surface area contributed by atoms with Crippen molar-refractivity contribution >= 4 is 25.7 Å². The second-order valence-corrected chi connectivity index (χ2v) is 10.2. The first kappa shape index (κ1) is 10.3. The zero-order valence-corrected chi connectivity index (χ0v) is 10.5. The SMILES string of the molecule is CI1CCN(C(C)(C)C)C(=O)C1. The van der Waals surface area contributed by atoms with Gasteiger partial charge in [0.25, 0.3) is 0 Å². The molecule has 0 spiro atoms. The molecular formula is C9H18INO. The number of hydrogen-bond donors (Lipinski definition) is 0. The summed E-state index contributed by atoms with van der Waals surface area (Å²) < 4.78 is 2.20. The molecule has 1 amide bonds. The van der Waals surface area contributed by atoms with Gasteiger partial charge in [-0.25, -0.2) is 0 Å². The minimum atomic E-state index is -0.812. The van der Waals surface area contributed by atoms with E-state index in [1.807, 2.05) is 4.90 Å². The Labute approximate surface area is 82.1 Å². The topological polar surface area (TPSA) is 20.3 Å². The van der Waals surface area contributed by atoms with E-state index in [2.05, 4.69) is 25.7 Å². The van der Waals surface area contributed by atoms with Crippen LogP contribution < -0.4 is 0 Å². The average Bonchev–Trinajstić information content (AvgIpc) is 1.83. The molecule has 0 bridgehead atoms. The fraction of sp³-hybridized carbons (Fsp3) is 0.889. The molecule has 0 aromatic heterocycles. The summed E-state index contributed by atoms with van der Waals surface area (Å²) in [4.78, 5) is 16.0. The van der Waals surface area contributed by atoms with Gasteiger partial charge in [-0.1, -0.05) is 0 Å². The Morgan fingerprint density at radius 3 is 2.42 bits per heavy atom. The molecule has 0 aliphatic carbocycles. The molecule has 1 fully saturated rings. The molecule has 1 aliphatic heterocycles. The average molecular weight is 283 g/mol. The van der Waals surface area contributed by atoms with Crippen molar-refractivity contribution in [1.29, 1.82) is 0 Å². The van der Waals surface area contributed by atoms with Crippen LogP contribution in [0.15, 0.2) is 0 Å². The zero-order chi connectivity index (χ0) is 9.35. The molecule has 0 N–H and O–H groups in total. The zero-order valence-electron chi connectivity index (χ0n) is 8.35. The quantitative estimate of drug-likeness (QED) is 0.490.